The highest BCUT2D eigenvalue weighted by molar-refractivity contribution is 6.29. The lowest BCUT2D eigenvalue weighted by molar-refractivity contribution is 0.0946. The largest absolute Gasteiger partial charge is 0.352 e. The summed E-state index contributed by atoms with van der Waals surface area (Å²) in [6.45, 7) is 4.75. The smallest absolute Gasteiger partial charge is 0.251 e. The van der Waals surface area contributed by atoms with Crippen molar-refractivity contribution in [2.45, 2.75) is 26.7 Å². The predicted octanol–water partition coefficient (Wildman–Crippen LogP) is 2.82. The molecule has 1 heterocycles. The minimum atomic E-state index is -0.0649. The molecule has 0 bridgehead atoms. The average molecular weight is 253 g/mol. The van der Waals surface area contributed by atoms with E-state index >= 15 is 0 Å². The molecule has 1 aliphatic rings. The Bertz CT molecular complexity index is 409. The summed E-state index contributed by atoms with van der Waals surface area (Å²) in [6, 6.07) is 3.36. The van der Waals surface area contributed by atoms with Crippen molar-refractivity contribution in [2.75, 3.05) is 6.54 Å². The average Bonchev–Trinajstić information content (AvgIpc) is 3.07. The summed E-state index contributed by atoms with van der Waals surface area (Å²) in [6.07, 6.45) is 2.61. The molecule has 0 aliphatic heterocycles. The van der Waals surface area contributed by atoms with Crippen LogP contribution in [-0.4, -0.2) is 17.4 Å². The van der Waals surface area contributed by atoms with Crippen LogP contribution in [0.1, 0.15) is 35.8 Å². The number of carbonyl (C=O) groups excluding carboxylic acids is 1. The Morgan fingerprint density at radius 2 is 2.29 bits per heavy atom. The highest BCUT2D eigenvalue weighted by Gasteiger charge is 2.27. The predicted molar refractivity (Wildman–Crippen MR) is 68.2 cm³/mol. The van der Waals surface area contributed by atoms with E-state index in [0.717, 1.165) is 18.2 Å². The second kappa shape index (κ2) is 5.05. The van der Waals surface area contributed by atoms with Gasteiger partial charge >= 0.3 is 0 Å². The fourth-order valence-corrected chi connectivity index (χ4v) is 2.20. The molecular formula is C13H17ClN2O. The first-order valence-electron chi connectivity index (χ1n) is 5.98. The first kappa shape index (κ1) is 12.4. The second-order valence-electron chi connectivity index (χ2n) is 4.84. The minimum Gasteiger partial charge on any atom is -0.352 e. The molecule has 3 nitrogen and oxygen atoms in total. The van der Waals surface area contributed by atoms with Crippen LogP contribution >= 0.6 is 11.6 Å². The third-order valence-corrected chi connectivity index (χ3v) is 3.39. The number of nitrogens with one attached hydrogen (secondary N) is 1. The Balaban J connectivity index is 1.94. The Kier molecular flexibility index (Phi) is 3.67. The lowest BCUT2D eigenvalue weighted by atomic mass is 10.1. The van der Waals surface area contributed by atoms with Gasteiger partial charge in [0, 0.05) is 17.8 Å². The molecule has 17 heavy (non-hydrogen) atoms. The van der Waals surface area contributed by atoms with Gasteiger partial charge in [-0.15, -0.1) is 0 Å². The molecule has 1 amide bonds. The quantitative estimate of drug-likeness (QED) is 0.838. The van der Waals surface area contributed by atoms with Crippen LogP contribution in [-0.2, 0) is 0 Å². The fourth-order valence-electron chi connectivity index (χ4n) is 1.95. The molecule has 1 aromatic heterocycles. The zero-order valence-electron chi connectivity index (χ0n) is 10.2. The van der Waals surface area contributed by atoms with E-state index < -0.39 is 0 Å². The van der Waals surface area contributed by atoms with Gasteiger partial charge in [0.1, 0.15) is 5.15 Å². The Labute approximate surface area is 107 Å². The maximum atomic E-state index is 11.9. The molecule has 0 spiro atoms. The van der Waals surface area contributed by atoms with Gasteiger partial charge in [0.25, 0.3) is 5.91 Å². The summed E-state index contributed by atoms with van der Waals surface area (Å²) in [7, 11) is 0. The number of amides is 1. The van der Waals surface area contributed by atoms with Crippen LogP contribution in [0, 0.1) is 18.8 Å². The number of hydrogen-bond acceptors (Lipinski definition) is 2. The topological polar surface area (TPSA) is 42.0 Å². The summed E-state index contributed by atoms with van der Waals surface area (Å²) in [5, 5.41) is 3.32. The molecule has 1 fully saturated rings. The highest BCUT2D eigenvalue weighted by atomic mass is 35.5. The Morgan fingerprint density at radius 3 is 2.88 bits per heavy atom. The van der Waals surface area contributed by atoms with E-state index in [0.29, 0.717) is 16.6 Å². The standard InChI is InChI=1S/C13H17ClN2O/c1-8(10-3-4-10)7-15-13(17)11-5-9(2)16-12(14)6-11/h5-6,8,10H,3-4,7H2,1-2H3,(H,15,17). The summed E-state index contributed by atoms with van der Waals surface area (Å²) in [5.41, 5.74) is 1.35. The summed E-state index contributed by atoms with van der Waals surface area (Å²) < 4.78 is 0. The van der Waals surface area contributed by atoms with Crippen molar-refractivity contribution < 1.29 is 4.79 Å². The molecule has 92 valence electrons. The molecule has 1 N–H and O–H groups in total. The number of halogens is 1. The number of pyridine rings is 1. The van der Waals surface area contributed by atoms with Crippen LogP contribution < -0.4 is 5.32 Å². The summed E-state index contributed by atoms with van der Waals surface area (Å²) in [4.78, 5) is 15.9. The van der Waals surface area contributed by atoms with Crippen LogP contribution in [0.2, 0.25) is 5.15 Å². The zero-order valence-corrected chi connectivity index (χ0v) is 10.9. The Morgan fingerprint density at radius 1 is 1.59 bits per heavy atom. The first-order chi connectivity index (χ1) is 8.06. The van der Waals surface area contributed by atoms with Gasteiger partial charge in [-0.05, 0) is 43.7 Å². The van der Waals surface area contributed by atoms with Crippen molar-refractivity contribution in [1.82, 2.24) is 10.3 Å². The normalized spacial score (nSPS) is 16.6. The van der Waals surface area contributed by atoms with Crippen molar-refractivity contribution in [3.8, 4) is 0 Å². The van der Waals surface area contributed by atoms with Gasteiger partial charge in [0.05, 0.1) is 0 Å². The molecular weight excluding hydrogens is 236 g/mol. The third kappa shape index (κ3) is 3.43. The summed E-state index contributed by atoms with van der Waals surface area (Å²) >= 11 is 5.83. The van der Waals surface area contributed by atoms with Gasteiger partial charge in [-0.2, -0.15) is 0 Å². The lowest BCUT2D eigenvalue weighted by Gasteiger charge is -2.11. The monoisotopic (exact) mass is 252 g/mol. The van der Waals surface area contributed by atoms with E-state index in [9.17, 15) is 4.79 Å². The molecule has 1 atom stereocenters. The van der Waals surface area contributed by atoms with Crippen LogP contribution in [0.25, 0.3) is 0 Å². The van der Waals surface area contributed by atoms with Crippen molar-refractivity contribution in [3.63, 3.8) is 0 Å². The summed E-state index contributed by atoms with van der Waals surface area (Å²) in [5.74, 6) is 1.31. The highest BCUT2D eigenvalue weighted by Crippen LogP contribution is 2.36. The van der Waals surface area contributed by atoms with Gasteiger partial charge in [-0.3, -0.25) is 4.79 Å². The van der Waals surface area contributed by atoms with Gasteiger partial charge in [0.15, 0.2) is 0 Å². The van der Waals surface area contributed by atoms with Crippen molar-refractivity contribution in [3.05, 3.63) is 28.5 Å². The zero-order chi connectivity index (χ0) is 12.4. The number of rotatable bonds is 4. The minimum absolute atomic E-state index is 0.0649. The second-order valence-corrected chi connectivity index (χ2v) is 5.23. The molecule has 1 aromatic rings. The third-order valence-electron chi connectivity index (χ3n) is 3.20. The maximum Gasteiger partial charge on any atom is 0.251 e. The number of nitrogens with zero attached hydrogens (tertiary/aromatic N) is 1. The molecule has 0 aromatic carbocycles. The maximum absolute atomic E-state index is 11.9. The number of carbonyl (C=O) groups is 1. The number of aryl methyl sites for hydroxylation is 1. The van der Waals surface area contributed by atoms with E-state index in [1.807, 2.05) is 6.92 Å². The number of aromatic nitrogens is 1. The van der Waals surface area contributed by atoms with Crippen LogP contribution in [0.3, 0.4) is 0 Å². The van der Waals surface area contributed by atoms with E-state index in [2.05, 4.69) is 17.2 Å². The molecule has 2 rings (SSSR count). The SMILES string of the molecule is Cc1cc(C(=O)NCC(C)C2CC2)cc(Cl)n1. The van der Waals surface area contributed by atoms with Crippen molar-refractivity contribution in [1.29, 1.82) is 0 Å². The van der Waals surface area contributed by atoms with Crippen molar-refractivity contribution >= 4 is 17.5 Å². The van der Waals surface area contributed by atoms with E-state index in [4.69, 9.17) is 11.6 Å². The first-order valence-corrected chi connectivity index (χ1v) is 6.36. The Hall–Kier alpha value is -1.09. The fraction of sp³-hybridized carbons (Fsp3) is 0.538. The molecule has 4 heteroatoms. The van der Waals surface area contributed by atoms with Crippen LogP contribution in [0.15, 0.2) is 12.1 Å². The van der Waals surface area contributed by atoms with Crippen LogP contribution in [0.4, 0.5) is 0 Å². The molecule has 1 saturated carbocycles. The van der Waals surface area contributed by atoms with E-state index in [1.54, 1.807) is 12.1 Å². The van der Waals surface area contributed by atoms with Gasteiger partial charge in [-0.25, -0.2) is 4.98 Å². The molecule has 0 radical (unpaired) electrons. The number of hydrogen-bond donors (Lipinski definition) is 1. The van der Waals surface area contributed by atoms with E-state index in [-0.39, 0.29) is 5.91 Å². The molecule has 1 unspecified atom stereocenters. The molecule has 0 saturated heterocycles. The lowest BCUT2D eigenvalue weighted by Crippen LogP contribution is -2.29. The van der Waals surface area contributed by atoms with E-state index in [1.165, 1.54) is 12.8 Å². The van der Waals surface area contributed by atoms with Gasteiger partial charge in [0.2, 0.25) is 0 Å². The van der Waals surface area contributed by atoms with Crippen LogP contribution in [0.5, 0.6) is 0 Å². The van der Waals surface area contributed by atoms with Crippen molar-refractivity contribution in [2.24, 2.45) is 11.8 Å². The van der Waals surface area contributed by atoms with Gasteiger partial charge in [-0.1, -0.05) is 18.5 Å². The molecule has 1 aliphatic carbocycles. The van der Waals surface area contributed by atoms with Gasteiger partial charge < -0.3 is 5.32 Å².